The molecular formula is C16H20N4O. The number of hydrogen-bond donors (Lipinski definition) is 2. The fourth-order valence-electron chi connectivity index (χ4n) is 2.36. The first-order valence-electron chi connectivity index (χ1n) is 7.28. The standard InChI is InChI=1S/C16H20N4O/c1-11(15-17-8-9-20(15)2)18-14-5-3-4-12(10-14)16(21)19-13-6-7-13/h3-5,8-11,13,18H,6-7H2,1-2H3,(H,19,21). The average molecular weight is 284 g/mol. The van der Waals surface area contributed by atoms with Gasteiger partial charge >= 0.3 is 0 Å². The van der Waals surface area contributed by atoms with Crippen molar-refractivity contribution in [3.63, 3.8) is 0 Å². The Morgan fingerprint density at radius 1 is 1.43 bits per heavy atom. The molecule has 1 atom stereocenters. The number of aromatic nitrogens is 2. The van der Waals surface area contributed by atoms with Crippen molar-refractivity contribution in [2.24, 2.45) is 7.05 Å². The molecule has 1 aromatic heterocycles. The Kier molecular flexibility index (Phi) is 3.64. The van der Waals surface area contributed by atoms with Crippen LogP contribution in [0, 0.1) is 0 Å². The van der Waals surface area contributed by atoms with Gasteiger partial charge in [0.15, 0.2) is 0 Å². The van der Waals surface area contributed by atoms with Crippen LogP contribution in [0.15, 0.2) is 36.7 Å². The van der Waals surface area contributed by atoms with E-state index in [0.29, 0.717) is 11.6 Å². The number of benzene rings is 1. The lowest BCUT2D eigenvalue weighted by Crippen LogP contribution is -2.25. The Hall–Kier alpha value is -2.30. The van der Waals surface area contributed by atoms with Crippen LogP contribution in [0.1, 0.15) is 42.0 Å². The third-order valence-electron chi connectivity index (χ3n) is 3.67. The fourth-order valence-corrected chi connectivity index (χ4v) is 2.36. The number of nitrogens with one attached hydrogen (secondary N) is 2. The number of hydrogen-bond acceptors (Lipinski definition) is 3. The van der Waals surface area contributed by atoms with Crippen LogP contribution in [0.25, 0.3) is 0 Å². The predicted molar refractivity (Wildman–Crippen MR) is 82.2 cm³/mol. The van der Waals surface area contributed by atoms with Crippen LogP contribution in [-0.2, 0) is 7.05 Å². The number of rotatable bonds is 5. The summed E-state index contributed by atoms with van der Waals surface area (Å²) in [6, 6.07) is 8.04. The molecule has 3 rings (SSSR count). The Balaban J connectivity index is 1.70. The number of nitrogens with zero attached hydrogens (tertiary/aromatic N) is 2. The highest BCUT2D eigenvalue weighted by Gasteiger charge is 2.23. The Labute approximate surface area is 124 Å². The van der Waals surface area contributed by atoms with Gasteiger partial charge in [0.05, 0.1) is 6.04 Å². The maximum atomic E-state index is 12.1. The summed E-state index contributed by atoms with van der Waals surface area (Å²) in [5, 5.41) is 6.39. The van der Waals surface area contributed by atoms with Crippen LogP contribution < -0.4 is 10.6 Å². The van der Waals surface area contributed by atoms with Crippen molar-refractivity contribution in [2.45, 2.75) is 31.8 Å². The molecular weight excluding hydrogens is 264 g/mol. The van der Waals surface area contributed by atoms with Crippen molar-refractivity contribution in [3.05, 3.63) is 48.0 Å². The third kappa shape index (κ3) is 3.24. The summed E-state index contributed by atoms with van der Waals surface area (Å²) in [5.41, 5.74) is 1.62. The van der Waals surface area contributed by atoms with Gasteiger partial charge in [0.2, 0.25) is 0 Å². The van der Waals surface area contributed by atoms with E-state index in [1.165, 1.54) is 0 Å². The topological polar surface area (TPSA) is 59.0 Å². The first-order valence-corrected chi connectivity index (χ1v) is 7.28. The van der Waals surface area contributed by atoms with E-state index in [2.05, 4.69) is 22.5 Å². The molecule has 0 saturated heterocycles. The summed E-state index contributed by atoms with van der Waals surface area (Å²) in [6.07, 6.45) is 5.90. The zero-order valence-corrected chi connectivity index (χ0v) is 12.3. The molecule has 1 heterocycles. The van der Waals surface area contributed by atoms with Gasteiger partial charge in [0, 0.05) is 36.7 Å². The van der Waals surface area contributed by atoms with Crippen molar-refractivity contribution >= 4 is 11.6 Å². The highest BCUT2D eigenvalue weighted by Crippen LogP contribution is 2.21. The molecule has 0 aliphatic heterocycles. The molecule has 2 aromatic rings. The predicted octanol–water partition coefficient (Wildman–Crippen LogP) is 2.49. The van der Waals surface area contributed by atoms with Crippen LogP contribution >= 0.6 is 0 Å². The fraction of sp³-hybridized carbons (Fsp3) is 0.375. The van der Waals surface area contributed by atoms with Crippen molar-refractivity contribution in [2.75, 3.05) is 5.32 Å². The number of aryl methyl sites for hydroxylation is 1. The van der Waals surface area contributed by atoms with Gasteiger partial charge in [-0.25, -0.2) is 4.98 Å². The lowest BCUT2D eigenvalue weighted by molar-refractivity contribution is 0.0951. The molecule has 1 aliphatic rings. The SMILES string of the molecule is CC(Nc1cccc(C(=O)NC2CC2)c1)c1nccn1C. The van der Waals surface area contributed by atoms with Crippen LogP contribution in [-0.4, -0.2) is 21.5 Å². The van der Waals surface area contributed by atoms with Gasteiger partial charge in [-0.2, -0.15) is 0 Å². The number of imidazole rings is 1. The van der Waals surface area contributed by atoms with Crippen molar-refractivity contribution in [1.82, 2.24) is 14.9 Å². The van der Waals surface area contributed by atoms with Gasteiger partial charge < -0.3 is 15.2 Å². The molecule has 1 aliphatic carbocycles. The normalized spacial score (nSPS) is 15.5. The molecule has 5 heteroatoms. The van der Waals surface area contributed by atoms with E-state index in [-0.39, 0.29) is 11.9 Å². The smallest absolute Gasteiger partial charge is 0.251 e. The number of carbonyl (C=O) groups excluding carboxylic acids is 1. The molecule has 0 radical (unpaired) electrons. The lowest BCUT2D eigenvalue weighted by Gasteiger charge is -2.15. The van der Waals surface area contributed by atoms with Crippen LogP contribution in [0.4, 0.5) is 5.69 Å². The molecule has 1 unspecified atom stereocenters. The third-order valence-corrected chi connectivity index (χ3v) is 3.67. The molecule has 0 bridgehead atoms. The van der Waals surface area contributed by atoms with E-state index in [1.54, 1.807) is 6.20 Å². The van der Waals surface area contributed by atoms with Crippen molar-refractivity contribution in [3.8, 4) is 0 Å². The van der Waals surface area contributed by atoms with Crippen molar-refractivity contribution in [1.29, 1.82) is 0 Å². The first-order chi connectivity index (χ1) is 10.1. The molecule has 5 nitrogen and oxygen atoms in total. The molecule has 2 N–H and O–H groups in total. The minimum Gasteiger partial charge on any atom is -0.375 e. The van der Waals surface area contributed by atoms with E-state index < -0.39 is 0 Å². The largest absolute Gasteiger partial charge is 0.375 e. The minimum absolute atomic E-state index is 0.00537. The molecule has 0 spiro atoms. The summed E-state index contributed by atoms with van der Waals surface area (Å²) in [7, 11) is 1.97. The molecule has 1 aromatic carbocycles. The van der Waals surface area contributed by atoms with Gasteiger partial charge in [-0.05, 0) is 38.0 Å². The molecule has 1 amide bonds. The summed E-state index contributed by atoms with van der Waals surface area (Å²) in [5.74, 6) is 0.966. The second-order valence-corrected chi connectivity index (χ2v) is 5.59. The average Bonchev–Trinajstić information content (AvgIpc) is 3.17. The van der Waals surface area contributed by atoms with E-state index >= 15 is 0 Å². The quantitative estimate of drug-likeness (QED) is 0.887. The van der Waals surface area contributed by atoms with Crippen LogP contribution in [0.2, 0.25) is 0 Å². The number of carbonyl (C=O) groups is 1. The Morgan fingerprint density at radius 2 is 2.24 bits per heavy atom. The number of anilines is 1. The summed E-state index contributed by atoms with van der Waals surface area (Å²) in [6.45, 7) is 2.05. The van der Waals surface area contributed by atoms with Gasteiger partial charge in [0.25, 0.3) is 5.91 Å². The van der Waals surface area contributed by atoms with E-state index in [9.17, 15) is 4.79 Å². The minimum atomic E-state index is 0.00537. The zero-order chi connectivity index (χ0) is 14.8. The second-order valence-electron chi connectivity index (χ2n) is 5.59. The number of amides is 1. The maximum Gasteiger partial charge on any atom is 0.251 e. The van der Waals surface area contributed by atoms with Gasteiger partial charge in [0.1, 0.15) is 5.82 Å². The molecule has 1 fully saturated rings. The highest BCUT2D eigenvalue weighted by molar-refractivity contribution is 5.95. The molecule has 1 saturated carbocycles. The molecule has 21 heavy (non-hydrogen) atoms. The second kappa shape index (κ2) is 5.60. The molecule has 110 valence electrons. The van der Waals surface area contributed by atoms with Crippen LogP contribution in [0.5, 0.6) is 0 Å². The first kappa shape index (κ1) is 13.7. The zero-order valence-electron chi connectivity index (χ0n) is 12.3. The monoisotopic (exact) mass is 284 g/mol. The highest BCUT2D eigenvalue weighted by atomic mass is 16.1. The Morgan fingerprint density at radius 3 is 2.90 bits per heavy atom. The van der Waals surface area contributed by atoms with Gasteiger partial charge in [-0.1, -0.05) is 6.07 Å². The van der Waals surface area contributed by atoms with E-state index in [1.807, 2.05) is 42.1 Å². The lowest BCUT2D eigenvalue weighted by atomic mass is 10.1. The van der Waals surface area contributed by atoms with Gasteiger partial charge in [-0.15, -0.1) is 0 Å². The van der Waals surface area contributed by atoms with E-state index in [4.69, 9.17) is 0 Å². The summed E-state index contributed by atoms with van der Waals surface area (Å²) < 4.78 is 1.99. The Bertz CT molecular complexity index is 645. The van der Waals surface area contributed by atoms with Gasteiger partial charge in [-0.3, -0.25) is 4.79 Å². The van der Waals surface area contributed by atoms with Crippen molar-refractivity contribution < 1.29 is 4.79 Å². The van der Waals surface area contributed by atoms with E-state index in [0.717, 1.165) is 24.4 Å². The maximum absolute atomic E-state index is 12.1. The summed E-state index contributed by atoms with van der Waals surface area (Å²) in [4.78, 5) is 16.4. The summed E-state index contributed by atoms with van der Waals surface area (Å²) >= 11 is 0. The van der Waals surface area contributed by atoms with Crippen LogP contribution in [0.3, 0.4) is 0 Å².